The van der Waals surface area contributed by atoms with Gasteiger partial charge in [0.1, 0.15) is 0 Å². The van der Waals surface area contributed by atoms with Crippen LogP contribution in [0, 0.1) is 6.92 Å². The first-order valence-electron chi connectivity index (χ1n) is 5.77. The Morgan fingerprint density at radius 1 is 1.22 bits per heavy atom. The molecule has 1 nitrogen and oxygen atoms in total. The lowest BCUT2D eigenvalue weighted by Gasteiger charge is -2.18. The van der Waals surface area contributed by atoms with Gasteiger partial charge in [-0.1, -0.05) is 33.6 Å². The van der Waals surface area contributed by atoms with Crippen molar-refractivity contribution in [2.45, 2.75) is 19.4 Å². The first-order chi connectivity index (χ1) is 8.61. The highest BCUT2D eigenvalue weighted by molar-refractivity contribution is 9.10. The first kappa shape index (κ1) is 14.3. The number of halogens is 2. The van der Waals surface area contributed by atoms with Crippen molar-refractivity contribution >= 4 is 43.2 Å². The van der Waals surface area contributed by atoms with Crippen LogP contribution in [0.3, 0.4) is 0 Å². The number of nitrogens with one attached hydrogen (secondary N) is 1. The SMILES string of the molecule is CNC(Cc1sccc1Br)c1cc(C)ccc1Br. The quantitative estimate of drug-likeness (QED) is 0.769. The third-order valence-corrected chi connectivity index (χ3v) is 5.63. The summed E-state index contributed by atoms with van der Waals surface area (Å²) in [6, 6.07) is 8.93. The number of benzene rings is 1. The zero-order valence-corrected chi connectivity index (χ0v) is 14.3. The smallest absolute Gasteiger partial charge is 0.0378 e. The molecular formula is C14H15Br2NS. The van der Waals surface area contributed by atoms with Crippen LogP contribution in [0.25, 0.3) is 0 Å². The largest absolute Gasteiger partial charge is 0.313 e. The Bertz CT molecular complexity index is 536. The molecule has 1 aromatic heterocycles. The van der Waals surface area contributed by atoms with Gasteiger partial charge in [-0.2, -0.15) is 0 Å². The normalized spacial score (nSPS) is 12.7. The van der Waals surface area contributed by atoms with Gasteiger partial charge in [-0.05, 0) is 53.0 Å². The van der Waals surface area contributed by atoms with Gasteiger partial charge in [-0.3, -0.25) is 0 Å². The maximum Gasteiger partial charge on any atom is 0.0378 e. The molecule has 0 aliphatic rings. The average Bonchev–Trinajstić information content (AvgIpc) is 2.75. The second kappa shape index (κ2) is 6.33. The van der Waals surface area contributed by atoms with Gasteiger partial charge < -0.3 is 5.32 Å². The summed E-state index contributed by atoms with van der Waals surface area (Å²) < 4.78 is 2.37. The van der Waals surface area contributed by atoms with Gasteiger partial charge >= 0.3 is 0 Å². The molecule has 1 N–H and O–H groups in total. The van der Waals surface area contributed by atoms with Crippen molar-refractivity contribution in [3.8, 4) is 0 Å². The van der Waals surface area contributed by atoms with Gasteiger partial charge in [0.25, 0.3) is 0 Å². The second-order valence-electron chi connectivity index (χ2n) is 4.26. The van der Waals surface area contributed by atoms with Gasteiger partial charge in [0.2, 0.25) is 0 Å². The maximum absolute atomic E-state index is 3.65. The summed E-state index contributed by atoms with van der Waals surface area (Å²) >= 11 is 9.04. The van der Waals surface area contributed by atoms with Crippen LogP contribution in [-0.2, 0) is 6.42 Å². The molecule has 0 spiro atoms. The van der Waals surface area contributed by atoms with Crippen LogP contribution in [0.4, 0.5) is 0 Å². The summed E-state index contributed by atoms with van der Waals surface area (Å²) in [5.74, 6) is 0. The Kier molecular flexibility index (Phi) is 5.01. The van der Waals surface area contributed by atoms with Crippen LogP contribution in [-0.4, -0.2) is 7.05 Å². The fraction of sp³-hybridized carbons (Fsp3) is 0.286. The Morgan fingerprint density at radius 3 is 2.61 bits per heavy atom. The van der Waals surface area contributed by atoms with E-state index in [1.165, 1.54) is 24.9 Å². The minimum Gasteiger partial charge on any atom is -0.313 e. The molecule has 1 heterocycles. The zero-order valence-electron chi connectivity index (χ0n) is 10.3. The van der Waals surface area contributed by atoms with Gasteiger partial charge in [-0.25, -0.2) is 0 Å². The van der Waals surface area contributed by atoms with Crippen molar-refractivity contribution in [3.05, 3.63) is 54.6 Å². The molecule has 0 radical (unpaired) electrons. The molecule has 1 unspecified atom stereocenters. The van der Waals surface area contributed by atoms with Gasteiger partial charge in [-0.15, -0.1) is 11.3 Å². The highest BCUT2D eigenvalue weighted by atomic mass is 79.9. The number of aryl methyl sites for hydroxylation is 1. The lowest BCUT2D eigenvalue weighted by atomic mass is 10.0. The number of hydrogen-bond donors (Lipinski definition) is 1. The number of rotatable bonds is 4. The molecule has 2 aromatic rings. The molecular weight excluding hydrogens is 374 g/mol. The lowest BCUT2D eigenvalue weighted by molar-refractivity contribution is 0.593. The zero-order chi connectivity index (χ0) is 13.1. The predicted octanol–water partition coefficient (Wildman–Crippen LogP) is 5.08. The Labute approximate surface area is 129 Å². The molecule has 0 amide bonds. The standard InChI is InChI=1S/C14H15Br2NS/c1-9-3-4-11(15)10(7-9)13(17-2)8-14-12(16)5-6-18-14/h3-7,13,17H,8H2,1-2H3. The summed E-state index contributed by atoms with van der Waals surface area (Å²) in [4.78, 5) is 1.38. The molecule has 1 atom stereocenters. The molecule has 2 rings (SSSR count). The highest BCUT2D eigenvalue weighted by Gasteiger charge is 2.15. The van der Waals surface area contributed by atoms with Crippen LogP contribution >= 0.6 is 43.2 Å². The molecule has 0 saturated heterocycles. The van der Waals surface area contributed by atoms with E-state index in [1.807, 2.05) is 7.05 Å². The first-order valence-corrected chi connectivity index (χ1v) is 8.23. The lowest BCUT2D eigenvalue weighted by Crippen LogP contribution is -2.19. The predicted molar refractivity (Wildman–Crippen MR) is 86.4 cm³/mol. The van der Waals surface area contributed by atoms with E-state index in [4.69, 9.17) is 0 Å². The number of thiophene rings is 1. The van der Waals surface area contributed by atoms with Gasteiger partial charge in [0.15, 0.2) is 0 Å². The summed E-state index contributed by atoms with van der Waals surface area (Å²) in [5.41, 5.74) is 2.61. The number of hydrogen-bond acceptors (Lipinski definition) is 2. The minimum atomic E-state index is 0.328. The molecule has 96 valence electrons. The van der Waals surface area contributed by atoms with Crippen LogP contribution in [0.15, 0.2) is 38.6 Å². The molecule has 0 fully saturated rings. The van der Waals surface area contributed by atoms with Crippen molar-refractivity contribution in [3.63, 3.8) is 0 Å². The van der Waals surface area contributed by atoms with Crippen molar-refractivity contribution in [1.29, 1.82) is 0 Å². The van der Waals surface area contributed by atoms with Crippen molar-refractivity contribution < 1.29 is 0 Å². The van der Waals surface area contributed by atoms with Crippen molar-refractivity contribution in [1.82, 2.24) is 5.32 Å². The molecule has 0 aliphatic heterocycles. The van der Waals surface area contributed by atoms with Crippen LogP contribution < -0.4 is 5.32 Å². The van der Waals surface area contributed by atoms with Crippen molar-refractivity contribution in [2.75, 3.05) is 7.05 Å². The maximum atomic E-state index is 3.65. The molecule has 0 aliphatic carbocycles. The summed E-state index contributed by atoms with van der Waals surface area (Å²) in [5, 5.41) is 5.53. The molecule has 4 heteroatoms. The van der Waals surface area contributed by atoms with Gasteiger partial charge in [0.05, 0.1) is 0 Å². The van der Waals surface area contributed by atoms with Gasteiger partial charge in [0, 0.05) is 26.3 Å². The monoisotopic (exact) mass is 387 g/mol. The summed E-state index contributed by atoms with van der Waals surface area (Å²) in [6.07, 6.45) is 0.997. The summed E-state index contributed by atoms with van der Waals surface area (Å²) in [7, 11) is 2.01. The minimum absolute atomic E-state index is 0.328. The van der Waals surface area contributed by atoms with E-state index in [9.17, 15) is 0 Å². The Hall–Kier alpha value is -0.160. The fourth-order valence-electron chi connectivity index (χ4n) is 1.95. The van der Waals surface area contributed by atoms with E-state index in [0.717, 1.165) is 6.42 Å². The third-order valence-electron chi connectivity index (χ3n) is 2.96. The third kappa shape index (κ3) is 3.23. The van der Waals surface area contributed by atoms with E-state index in [-0.39, 0.29) is 0 Å². The molecule has 0 saturated carbocycles. The van der Waals surface area contributed by atoms with Crippen LogP contribution in [0.5, 0.6) is 0 Å². The molecule has 18 heavy (non-hydrogen) atoms. The van der Waals surface area contributed by atoms with E-state index in [0.29, 0.717) is 6.04 Å². The Morgan fingerprint density at radius 2 is 2.00 bits per heavy atom. The van der Waals surface area contributed by atoms with E-state index < -0.39 is 0 Å². The highest BCUT2D eigenvalue weighted by Crippen LogP contribution is 2.31. The summed E-state index contributed by atoms with van der Waals surface area (Å²) in [6.45, 7) is 2.13. The van der Waals surface area contributed by atoms with Crippen LogP contribution in [0.2, 0.25) is 0 Å². The van der Waals surface area contributed by atoms with E-state index in [1.54, 1.807) is 11.3 Å². The average molecular weight is 389 g/mol. The van der Waals surface area contributed by atoms with Crippen LogP contribution in [0.1, 0.15) is 22.0 Å². The van der Waals surface area contributed by atoms with Crippen molar-refractivity contribution in [2.24, 2.45) is 0 Å². The van der Waals surface area contributed by atoms with E-state index in [2.05, 4.69) is 73.7 Å². The molecule has 0 bridgehead atoms. The second-order valence-corrected chi connectivity index (χ2v) is 6.97. The topological polar surface area (TPSA) is 12.0 Å². The molecule has 1 aromatic carbocycles. The number of likely N-dealkylation sites (N-methyl/N-ethyl adjacent to an activating group) is 1. The Balaban J connectivity index is 2.28. The fourth-order valence-corrected chi connectivity index (χ4v) is 4.04. The van der Waals surface area contributed by atoms with E-state index >= 15 is 0 Å².